The van der Waals surface area contributed by atoms with Gasteiger partial charge in [0.15, 0.2) is 11.5 Å². The Kier molecular flexibility index (Phi) is 5.98. The number of carbonyl (C=O) groups is 1. The Morgan fingerprint density at radius 3 is 2.29 bits per heavy atom. The molecule has 31 heavy (non-hydrogen) atoms. The zero-order valence-electron chi connectivity index (χ0n) is 17.2. The number of hydrogen-bond acceptors (Lipinski definition) is 6. The number of esters is 1. The number of ether oxygens (including phenoxy) is 3. The molecule has 0 aliphatic rings. The van der Waals surface area contributed by atoms with Crippen molar-refractivity contribution in [3.8, 4) is 34.3 Å². The van der Waals surface area contributed by atoms with Gasteiger partial charge in [0.05, 0.1) is 19.8 Å². The van der Waals surface area contributed by atoms with Crippen LogP contribution in [0.1, 0.15) is 16.1 Å². The van der Waals surface area contributed by atoms with Crippen LogP contribution in [0.2, 0.25) is 0 Å². The first-order chi connectivity index (χ1) is 15.2. The average molecular weight is 415 g/mol. The lowest BCUT2D eigenvalue weighted by atomic mass is 10.1. The van der Waals surface area contributed by atoms with Crippen molar-refractivity contribution in [1.82, 2.24) is 4.98 Å². The Hall–Kier alpha value is -4.06. The number of nitrogens with zero attached hydrogens (tertiary/aromatic N) is 1. The standard InChI is InChI=1S/C25H21NO5/c1-28-19-14-12-18(13-15-19)23-22(25(27)30-16-17-8-4-3-5-9-17)26-24(31-23)20-10-6-7-11-21(20)29-2/h3-15H,16H2,1-2H3. The maximum absolute atomic E-state index is 12.9. The highest BCUT2D eigenvalue weighted by Crippen LogP contribution is 2.35. The molecule has 3 aromatic carbocycles. The van der Waals surface area contributed by atoms with Crippen molar-refractivity contribution in [3.63, 3.8) is 0 Å². The summed E-state index contributed by atoms with van der Waals surface area (Å²) in [4.78, 5) is 17.4. The summed E-state index contributed by atoms with van der Waals surface area (Å²) in [5, 5.41) is 0. The Labute approximate surface area is 180 Å². The average Bonchev–Trinajstić information content (AvgIpc) is 3.28. The molecule has 4 aromatic rings. The second-order valence-electron chi connectivity index (χ2n) is 6.69. The SMILES string of the molecule is COc1ccc(-c2oc(-c3ccccc3OC)nc2C(=O)OCc2ccccc2)cc1. The van der Waals surface area contributed by atoms with Gasteiger partial charge in [0.25, 0.3) is 0 Å². The van der Waals surface area contributed by atoms with Crippen LogP contribution in [0.25, 0.3) is 22.8 Å². The van der Waals surface area contributed by atoms with Gasteiger partial charge in [-0.3, -0.25) is 0 Å². The van der Waals surface area contributed by atoms with E-state index in [9.17, 15) is 4.79 Å². The van der Waals surface area contributed by atoms with Gasteiger partial charge in [-0.2, -0.15) is 0 Å². The maximum Gasteiger partial charge on any atom is 0.361 e. The molecule has 0 amide bonds. The third kappa shape index (κ3) is 4.43. The molecule has 4 rings (SSSR count). The molecular formula is C25H21NO5. The molecule has 0 aliphatic heterocycles. The summed E-state index contributed by atoms with van der Waals surface area (Å²) in [6, 6.07) is 24.0. The van der Waals surface area contributed by atoms with Gasteiger partial charge in [-0.25, -0.2) is 9.78 Å². The van der Waals surface area contributed by atoms with Crippen LogP contribution in [0.15, 0.2) is 83.3 Å². The topological polar surface area (TPSA) is 70.8 Å². The first-order valence-electron chi connectivity index (χ1n) is 9.69. The molecule has 1 aromatic heterocycles. The number of methoxy groups -OCH3 is 2. The Morgan fingerprint density at radius 1 is 0.871 bits per heavy atom. The monoisotopic (exact) mass is 415 g/mol. The van der Waals surface area contributed by atoms with E-state index in [1.54, 1.807) is 44.6 Å². The van der Waals surface area contributed by atoms with Gasteiger partial charge in [-0.05, 0) is 42.0 Å². The molecule has 0 unspecified atom stereocenters. The second kappa shape index (κ2) is 9.17. The van der Waals surface area contributed by atoms with Crippen LogP contribution in [0.4, 0.5) is 0 Å². The fraction of sp³-hybridized carbons (Fsp3) is 0.120. The number of rotatable bonds is 7. The molecule has 0 aliphatic carbocycles. The lowest BCUT2D eigenvalue weighted by Crippen LogP contribution is -2.07. The number of para-hydroxylation sites is 1. The summed E-state index contributed by atoms with van der Waals surface area (Å²) < 4.78 is 22.2. The van der Waals surface area contributed by atoms with E-state index in [1.807, 2.05) is 48.5 Å². The lowest BCUT2D eigenvalue weighted by Gasteiger charge is -2.05. The largest absolute Gasteiger partial charge is 0.497 e. The zero-order chi connectivity index (χ0) is 21.6. The van der Waals surface area contributed by atoms with E-state index in [2.05, 4.69) is 4.98 Å². The third-order valence-electron chi connectivity index (χ3n) is 4.72. The van der Waals surface area contributed by atoms with Crippen LogP contribution < -0.4 is 9.47 Å². The van der Waals surface area contributed by atoms with Crippen molar-refractivity contribution in [2.75, 3.05) is 14.2 Å². The van der Waals surface area contributed by atoms with Gasteiger partial charge in [0.1, 0.15) is 18.1 Å². The molecule has 0 bridgehead atoms. The highest BCUT2D eigenvalue weighted by Gasteiger charge is 2.25. The zero-order valence-corrected chi connectivity index (χ0v) is 17.2. The minimum Gasteiger partial charge on any atom is -0.497 e. The smallest absolute Gasteiger partial charge is 0.361 e. The molecule has 0 saturated carbocycles. The highest BCUT2D eigenvalue weighted by atomic mass is 16.5. The van der Waals surface area contributed by atoms with E-state index >= 15 is 0 Å². The first-order valence-corrected chi connectivity index (χ1v) is 9.69. The van der Waals surface area contributed by atoms with Crippen LogP contribution in [0.5, 0.6) is 11.5 Å². The lowest BCUT2D eigenvalue weighted by molar-refractivity contribution is 0.0467. The number of benzene rings is 3. The first kappa shape index (κ1) is 20.2. The molecule has 1 heterocycles. The molecular weight excluding hydrogens is 394 g/mol. The molecule has 0 fully saturated rings. The molecule has 0 N–H and O–H groups in total. The van der Waals surface area contributed by atoms with E-state index in [0.29, 0.717) is 28.4 Å². The summed E-state index contributed by atoms with van der Waals surface area (Å²) in [7, 11) is 3.16. The van der Waals surface area contributed by atoms with Crippen molar-refractivity contribution in [2.45, 2.75) is 6.61 Å². The maximum atomic E-state index is 12.9. The molecule has 0 spiro atoms. The Morgan fingerprint density at radius 2 is 1.58 bits per heavy atom. The van der Waals surface area contributed by atoms with Gasteiger partial charge in [-0.15, -0.1) is 0 Å². The fourth-order valence-corrected chi connectivity index (χ4v) is 3.12. The van der Waals surface area contributed by atoms with Crippen LogP contribution >= 0.6 is 0 Å². The van der Waals surface area contributed by atoms with Crippen LogP contribution in [-0.4, -0.2) is 25.2 Å². The highest BCUT2D eigenvalue weighted by molar-refractivity contribution is 5.94. The van der Waals surface area contributed by atoms with Gasteiger partial charge in [0, 0.05) is 5.56 Å². The van der Waals surface area contributed by atoms with E-state index < -0.39 is 5.97 Å². The summed E-state index contributed by atoms with van der Waals surface area (Å²) in [6.07, 6.45) is 0. The quantitative estimate of drug-likeness (QED) is 0.377. The van der Waals surface area contributed by atoms with Gasteiger partial charge >= 0.3 is 5.97 Å². The van der Waals surface area contributed by atoms with E-state index in [4.69, 9.17) is 18.6 Å². The van der Waals surface area contributed by atoms with Gasteiger partial charge in [-0.1, -0.05) is 42.5 Å². The van der Waals surface area contributed by atoms with Crippen molar-refractivity contribution < 1.29 is 23.4 Å². The van der Waals surface area contributed by atoms with Crippen molar-refractivity contribution in [3.05, 3.63) is 90.1 Å². The number of hydrogen-bond donors (Lipinski definition) is 0. The number of carbonyl (C=O) groups excluding carboxylic acids is 1. The predicted octanol–water partition coefficient (Wildman–Crippen LogP) is 5.38. The van der Waals surface area contributed by atoms with Crippen LogP contribution in [0.3, 0.4) is 0 Å². The van der Waals surface area contributed by atoms with Crippen molar-refractivity contribution in [1.29, 1.82) is 0 Å². The minimum atomic E-state index is -0.570. The van der Waals surface area contributed by atoms with E-state index in [1.165, 1.54) is 0 Å². The molecule has 6 heteroatoms. The van der Waals surface area contributed by atoms with Gasteiger partial charge < -0.3 is 18.6 Å². The van der Waals surface area contributed by atoms with Crippen LogP contribution in [-0.2, 0) is 11.3 Å². The minimum absolute atomic E-state index is 0.0991. The summed E-state index contributed by atoms with van der Waals surface area (Å²) in [6.45, 7) is 0.137. The fourth-order valence-electron chi connectivity index (χ4n) is 3.12. The van der Waals surface area contributed by atoms with Crippen molar-refractivity contribution >= 4 is 5.97 Å². The van der Waals surface area contributed by atoms with Crippen LogP contribution in [0, 0.1) is 0 Å². The summed E-state index contributed by atoms with van der Waals surface area (Å²) >= 11 is 0. The second-order valence-corrected chi connectivity index (χ2v) is 6.69. The Bertz CT molecular complexity index is 1170. The molecule has 0 atom stereocenters. The van der Waals surface area contributed by atoms with E-state index in [0.717, 1.165) is 5.56 Å². The summed E-state index contributed by atoms with van der Waals surface area (Å²) in [5.41, 5.74) is 2.31. The Balaban J connectivity index is 1.72. The van der Waals surface area contributed by atoms with E-state index in [-0.39, 0.29) is 18.2 Å². The number of oxazole rings is 1. The van der Waals surface area contributed by atoms with Gasteiger partial charge in [0.2, 0.25) is 5.89 Å². The molecule has 0 radical (unpaired) electrons. The third-order valence-corrected chi connectivity index (χ3v) is 4.72. The normalized spacial score (nSPS) is 10.5. The molecule has 6 nitrogen and oxygen atoms in total. The van der Waals surface area contributed by atoms with Crippen molar-refractivity contribution in [2.24, 2.45) is 0 Å². The summed E-state index contributed by atoms with van der Waals surface area (Å²) in [5.74, 6) is 1.31. The molecule has 156 valence electrons. The molecule has 0 saturated heterocycles. The predicted molar refractivity (Wildman–Crippen MR) is 116 cm³/mol. The number of aromatic nitrogens is 1.